The van der Waals surface area contributed by atoms with Crippen molar-refractivity contribution in [1.29, 1.82) is 5.26 Å². The first-order chi connectivity index (χ1) is 10.5. The van der Waals surface area contributed by atoms with Crippen molar-refractivity contribution in [3.63, 3.8) is 0 Å². The van der Waals surface area contributed by atoms with Crippen LogP contribution >= 0.6 is 15.9 Å². The molecule has 2 aromatic rings. The zero-order valence-electron chi connectivity index (χ0n) is 12.2. The number of hydrogen-bond acceptors (Lipinski definition) is 4. The summed E-state index contributed by atoms with van der Waals surface area (Å²) in [7, 11) is 0. The number of carbonyl (C=O) groups excluding carboxylic acids is 1. The predicted molar refractivity (Wildman–Crippen MR) is 86.7 cm³/mol. The Hall–Kier alpha value is -2.32. The maximum absolute atomic E-state index is 11.7. The second-order valence-electron chi connectivity index (χ2n) is 4.83. The highest BCUT2D eigenvalue weighted by Crippen LogP contribution is 2.25. The Kier molecular flexibility index (Phi) is 5.18. The molecule has 0 saturated heterocycles. The summed E-state index contributed by atoms with van der Waals surface area (Å²) in [4.78, 5) is 11.7. The van der Waals surface area contributed by atoms with Crippen molar-refractivity contribution >= 4 is 28.0 Å². The SMILES string of the molecule is CC(C)OC(=O)/C(C#N)=C/c1ccc(-c2ccc(Br)cc2)o1. The number of nitriles is 1. The van der Waals surface area contributed by atoms with Gasteiger partial charge in [-0.3, -0.25) is 0 Å². The zero-order chi connectivity index (χ0) is 16.1. The standard InChI is InChI=1S/C17H14BrNO3/c1-11(2)21-17(20)13(10-19)9-15-7-8-16(22-15)12-3-5-14(18)6-4-12/h3-9,11H,1-2H3/b13-9+. The zero-order valence-corrected chi connectivity index (χ0v) is 13.8. The topological polar surface area (TPSA) is 63.2 Å². The van der Waals surface area contributed by atoms with E-state index in [9.17, 15) is 4.79 Å². The minimum atomic E-state index is -0.654. The summed E-state index contributed by atoms with van der Waals surface area (Å²) in [5.74, 6) is 0.433. The first kappa shape index (κ1) is 16.1. The summed E-state index contributed by atoms with van der Waals surface area (Å²) in [5, 5.41) is 9.06. The summed E-state index contributed by atoms with van der Waals surface area (Å²) in [6.07, 6.45) is 1.10. The molecule has 1 aromatic carbocycles. The van der Waals surface area contributed by atoms with Crippen LogP contribution in [-0.2, 0) is 9.53 Å². The van der Waals surface area contributed by atoms with Crippen molar-refractivity contribution in [2.75, 3.05) is 0 Å². The lowest BCUT2D eigenvalue weighted by Gasteiger charge is -2.05. The third-order valence-corrected chi connectivity index (χ3v) is 3.25. The van der Waals surface area contributed by atoms with E-state index in [2.05, 4.69) is 15.9 Å². The average Bonchev–Trinajstić information content (AvgIpc) is 2.93. The van der Waals surface area contributed by atoms with Crippen molar-refractivity contribution in [3.05, 3.63) is 52.2 Å². The number of ether oxygens (including phenoxy) is 1. The lowest BCUT2D eigenvalue weighted by molar-refractivity contribution is -0.142. The molecule has 0 N–H and O–H groups in total. The quantitative estimate of drug-likeness (QED) is 0.455. The Bertz CT molecular complexity index is 736. The molecule has 1 aromatic heterocycles. The summed E-state index contributed by atoms with van der Waals surface area (Å²) in [6.45, 7) is 3.46. The van der Waals surface area contributed by atoms with Gasteiger partial charge in [0.05, 0.1) is 6.10 Å². The van der Waals surface area contributed by atoms with Gasteiger partial charge in [-0.05, 0) is 38.1 Å². The molecule has 2 rings (SSSR count). The van der Waals surface area contributed by atoms with E-state index >= 15 is 0 Å². The Balaban J connectivity index is 2.23. The highest BCUT2D eigenvalue weighted by Gasteiger charge is 2.13. The van der Waals surface area contributed by atoms with Crippen LogP contribution in [0.15, 0.2) is 50.9 Å². The molecule has 1 heterocycles. The van der Waals surface area contributed by atoms with Crippen LogP contribution in [0.2, 0.25) is 0 Å². The van der Waals surface area contributed by atoms with E-state index in [1.54, 1.807) is 26.0 Å². The van der Waals surface area contributed by atoms with Gasteiger partial charge >= 0.3 is 5.97 Å². The Morgan fingerprint density at radius 1 is 1.27 bits per heavy atom. The fourth-order valence-electron chi connectivity index (χ4n) is 1.76. The fourth-order valence-corrected chi connectivity index (χ4v) is 2.02. The summed E-state index contributed by atoms with van der Waals surface area (Å²) in [6, 6.07) is 13.0. The largest absolute Gasteiger partial charge is 0.459 e. The van der Waals surface area contributed by atoms with Crippen LogP contribution in [0.5, 0.6) is 0 Å². The maximum Gasteiger partial charge on any atom is 0.349 e. The molecule has 0 amide bonds. The molecule has 4 nitrogen and oxygen atoms in total. The van der Waals surface area contributed by atoms with Gasteiger partial charge in [-0.1, -0.05) is 28.1 Å². The second-order valence-corrected chi connectivity index (χ2v) is 5.75. The number of esters is 1. The van der Waals surface area contributed by atoms with Crippen molar-refractivity contribution in [2.24, 2.45) is 0 Å². The van der Waals surface area contributed by atoms with Gasteiger partial charge in [0.2, 0.25) is 0 Å². The van der Waals surface area contributed by atoms with E-state index in [1.807, 2.05) is 30.3 Å². The molecular formula is C17H14BrNO3. The fraction of sp³-hybridized carbons (Fsp3) is 0.176. The van der Waals surface area contributed by atoms with Gasteiger partial charge < -0.3 is 9.15 Å². The van der Waals surface area contributed by atoms with E-state index in [0.717, 1.165) is 10.0 Å². The van der Waals surface area contributed by atoms with E-state index in [-0.39, 0.29) is 11.7 Å². The first-order valence-electron chi connectivity index (χ1n) is 6.68. The van der Waals surface area contributed by atoms with Crippen LogP contribution in [0.4, 0.5) is 0 Å². The lowest BCUT2D eigenvalue weighted by atomic mass is 10.2. The highest BCUT2D eigenvalue weighted by molar-refractivity contribution is 9.10. The van der Waals surface area contributed by atoms with Crippen LogP contribution in [0.3, 0.4) is 0 Å². The summed E-state index contributed by atoms with van der Waals surface area (Å²) >= 11 is 3.37. The molecule has 0 spiro atoms. The van der Waals surface area contributed by atoms with Gasteiger partial charge in [0.15, 0.2) is 0 Å². The minimum absolute atomic E-state index is 0.0922. The monoisotopic (exact) mass is 359 g/mol. The Morgan fingerprint density at radius 2 is 1.95 bits per heavy atom. The summed E-state index contributed by atoms with van der Waals surface area (Å²) in [5.41, 5.74) is 0.816. The van der Waals surface area contributed by atoms with Gasteiger partial charge in [-0.2, -0.15) is 5.26 Å². The van der Waals surface area contributed by atoms with Crippen molar-refractivity contribution < 1.29 is 13.9 Å². The summed E-state index contributed by atoms with van der Waals surface area (Å²) < 4.78 is 11.6. The van der Waals surface area contributed by atoms with Gasteiger partial charge in [0.1, 0.15) is 23.2 Å². The molecule has 22 heavy (non-hydrogen) atoms. The number of hydrogen-bond donors (Lipinski definition) is 0. The van der Waals surface area contributed by atoms with Crippen LogP contribution in [0.25, 0.3) is 17.4 Å². The van der Waals surface area contributed by atoms with Crippen molar-refractivity contribution in [3.8, 4) is 17.4 Å². The number of benzene rings is 1. The maximum atomic E-state index is 11.7. The molecule has 0 radical (unpaired) electrons. The van der Waals surface area contributed by atoms with Crippen molar-refractivity contribution in [1.82, 2.24) is 0 Å². The van der Waals surface area contributed by atoms with Crippen LogP contribution < -0.4 is 0 Å². The Labute approximate surface area is 137 Å². The Morgan fingerprint density at radius 3 is 2.55 bits per heavy atom. The molecule has 0 aliphatic heterocycles. The molecule has 0 unspecified atom stereocenters. The molecule has 0 atom stereocenters. The van der Waals surface area contributed by atoms with Gasteiger partial charge in [-0.15, -0.1) is 0 Å². The molecule has 112 valence electrons. The van der Waals surface area contributed by atoms with Crippen molar-refractivity contribution in [2.45, 2.75) is 20.0 Å². The van der Waals surface area contributed by atoms with E-state index in [0.29, 0.717) is 11.5 Å². The van der Waals surface area contributed by atoms with E-state index < -0.39 is 5.97 Å². The van der Waals surface area contributed by atoms with Gasteiger partial charge in [-0.25, -0.2) is 4.79 Å². The van der Waals surface area contributed by atoms with E-state index in [1.165, 1.54) is 6.08 Å². The van der Waals surface area contributed by atoms with Crippen LogP contribution in [-0.4, -0.2) is 12.1 Å². The molecule has 0 aliphatic rings. The smallest absolute Gasteiger partial charge is 0.349 e. The number of halogens is 1. The highest BCUT2D eigenvalue weighted by atomic mass is 79.9. The number of carbonyl (C=O) groups is 1. The number of nitrogens with zero attached hydrogens (tertiary/aromatic N) is 1. The second kappa shape index (κ2) is 7.10. The lowest BCUT2D eigenvalue weighted by Crippen LogP contribution is -2.12. The predicted octanol–water partition coefficient (Wildman–Crippen LogP) is 4.57. The first-order valence-corrected chi connectivity index (χ1v) is 7.47. The molecule has 0 aliphatic carbocycles. The molecule has 0 bridgehead atoms. The average molecular weight is 360 g/mol. The molecule has 5 heteroatoms. The third-order valence-electron chi connectivity index (χ3n) is 2.73. The minimum Gasteiger partial charge on any atom is -0.459 e. The number of rotatable bonds is 4. The molecular weight excluding hydrogens is 346 g/mol. The van der Waals surface area contributed by atoms with Gasteiger partial charge in [0.25, 0.3) is 0 Å². The number of furan rings is 1. The van der Waals surface area contributed by atoms with Crippen LogP contribution in [0, 0.1) is 11.3 Å². The van der Waals surface area contributed by atoms with Gasteiger partial charge in [0, 0.05) is 16.1 Å². The van der Waals surface area contributed by atoms with Crippen LogP contribution in [0.1, 0.15) is 19.6 Å². The third kappa shape index (κ3) is 4.09. The molecule has 0 fully saturated rings. The van der Waals surface area contributed by atoms with E-state index in [4.69, 9.17) is 14.4 Å². The normalized spacial score (nSPS) is 11.3. The molecule has 0 saturated carbocycles.